The largest absolute Gasteiger partial charge is 0.481 e. The molecule has 0 atom stereocenters. The summed E-state index contributed by atoms with van der Waals surface area (Å²) in [5.74, 6) is 0.428. The fourth-order valence-electron chi connectivity index (χ4n) is 3.63. The molecule has 1 amide bonds. The normalized spacial score (nSPS) is 17.0. The van der Waals surface area contributed by atoms with Gasteiger partial charge in [0.1, 0.15) is 17.5 Å². The van der Waals surface area contributed by atoms with Crippen LogP contribution in [0.25, 0.3) is 0 Å². The summed E-state index contributed by atoms with van der Waals surface area (Å²) in [7, 11) is 0. The third-order valence-electron chi connectivity index (χ3n) is 5.11. The highest BCUT2D eigenvalue weighted by Crippen LogP contribution is 2.28. The summed E-state index contributed by atoms with van der Waals surface area (Å²) in [5.41, 5.74) is 0. The number of halogens is 3. The number of likely N-dealkylation sites (tertiary alicyclic amines) is 1. The highest BCUT2D eigenvalue weighted by molar-refractivity contribution is 5.85. The summed E-state index contributed by atoms with van der Waals surface area (Å²) in [5, 5.41) is 11.9. The molecule has 1 saturated heterocycles. The van der Waals surface area contributed by atoms with Crippen LogP contribution in [0.1, 0.15) is 30.4 Å². The molecule has 4 rings (SSSR count). The van der Waals surface area contributed by atoms with Crippen molar-refractivity contribution in [3.05, 3.63) is 41.5 Å². The highest BCUT2D eigenvalue weighted by atomic mass is 35.5. The van der Waals surface area contributed by atoms with E-state index >= 15 is 0 Å². The number of carbonyl (C=O) groups excluding carboxylic acids is 1. The second-order valence-corrected chi connectivity index (χ2v) is 6.82. The molecule has 1 aromatic carbocycles. The van der Waals surface area contributed by atoms with Gasteiger partial charge in [0.2, 0.25) is 0 Å². The van der Waals surface area contributed by atoms with Crippen molar-refractivity contribution in [2.24, 2.45) is 0 Å². The number of hydrogen-bond acceptors (Lipinski definition) is 5. The average Bonchev–Trinajstić information content (AvgIpc) is 3.11. The fourth-order valence-corrected chi connectivity index (χ4v) is 3.63. The fraction of sp³-hybridized carbons (Fsp3) is 0.500. The van der Waals surface area contributed by atoms with Crippen LogP contribution in [0.4, 0.5) is 8.78 Å². The quantitative estimate of drug-likeness (QED) is 0.828. The van der Waals surface area contributed by atoms with Crippen molar-refractivity contribution in [3.63, 3.8) is 0 Å². The van der Waals surface area contributed by atoms with E-state index in [-0.39, 0.29) is 36.6 Å². The Labute approximate surface area is 167 Å². The van der Waals surface area contributed by atoms with Gasteiger partial charge in [-0.3, -0.25) is 4.79 Å². The molecule has 152 valence electrons. The summed E-state index contributed by atoms with van der Waals surface area (Å²) < 4.78 is 33.9. The molecule has 1 fully saturated rings. The Kier molecular flexibility index (Phi) is 6.46. The minimum Gasteiger partial charge on any atom is -0.481 e. The molecule has 2 aromatic rings. The molecule has 10 heteroatoms. The molecule has 0 unspecified atom stereocenters. The first-order valence-electron chi connectivity index (χ1n) is 9.10. The summed E-state index contributed by atoms with van der Waals surface area (Å²) >= 11 is 0. The Bertz CT molecular complexity index is 839. The smallest absolute Gasteiger partial charge is 0.260 e. The van der Waals surface area contributed by atoms with Gasteiger partial charge in [0.15, 0.2) is 18.2 Å². The van der Waals surface area contributed by atoms with E-state index in [2.05, 4.69) is 20.1 Å². The second-order valence-electron chi connectivity index (χ2n) is 6.82. The first-order chi connectivity index (χ1) is 13.1. The van der Waals surface area contributed by atoms with Crippen molar-refractivity contribution in [2.45, 2.75) is 31.8 Å². The van der Waals surface area contributed by atoms with E-state index in [0.717, 1.165) is 56.3 Å². The van der Waals surface area contributed by atoms with E-state index in [1.807, 2.05) is 0 Å². The first-order valence-corrected chi connectivity index (χ1v) is 9.10. The van der Waals surface area contributed by atoms with Crippen molar-refractivity contribution in [1.82, 2.24) is 25.0 Å². The molecule has 3 heterocycles. The van der Waals surface area contributed by atoms with Crippen LogP contribution in [0.2, 0.25) is 0 Å². The molecule has 2 aliphatic rings. The molecule has 0 bridgehead atoms. The van der Waals surface area contributed by atoms with Crippen molar-refractivity contribution in [1.29, 1.82) is 0 Å². The highest BCUT2D eigenvalue weighted by Gasteiger charge is 2.29. The minimum absolute atomic E-state index is 0. The lowest BCUT2D eigenvalue weighted by Crippen LogP contribution is -2.41. The summed E-state index contributed by atoms with van der Waals surface area (Å²) in [6.07, 6.45) is 1.62. The predicted octanol–water partition coefficient (Wildman–Crippen LogP) is 1.87. The Morgan fingerprint density at radius 1 is 1.21 bits per heavy atom. The van der Waals surface area contributed by atoms with Crippen molar-refractivity contribution >= 4 is 18.3 Å². The van der Waals surface area contributed by atoms with E-state index in [1.54, 1.807) is 4.90 Å². The number of hydrogen-bond donors (Lipinski definition) is 1. The van der Waals surface area contributed by atoms with Gasteiger partial charge in [-0.1, -0.05) is 0 Å². The molecule has 2 aliphatic heterocycles. The monoisotopic (exact) mass is 413 g/mol. The topological polar surface area (TPSA) is 72.3 Å². The van der Waals surface area contributed by atoms with Crippen LogP contribution in [0.15, 0.2) is 18.2 Å². The molecule has 0 aliphatic carbocycles. The van der Waals surface area contributed by atoms with Gasteiger partial charge < -0.3 is 19.5 Å². The van der Waals surface area contributed by atoms with Crippen molar-refractivity contribution in [2.75, 3.05) is 26.2 Å². The Hall–Kier alpha value is -2.26. The summed E-state index contributed by atoms with van der Waals surface area (Å²) in [6, 6.07) is 3.02. The van der Waals surface area contributed by atoms with Crippen molar-refractivity contribution < 1.29 is 18.3 Å². The zero-order valence-electron chi connectivity index (χ0n) is 15.2. The van der Waals surface area contributed by atoms with Gasteiger partial charge in [-0.25, -0.2) is 8.78 Å². The number of rotatable bonds is 4. The number of ether oxygens (including phenoxy) is 1. The number of amides is 1. The number of fused-ring (bicyclic) bond motifs is 1. The van der Waals surface area contributed by atoms with E-state index < -0.39 is 11.6 Å². The van der Waals surface area contributed by atoms with Crippen LogP contribution in [-0.2, 0) is 17.9 Å². The predicted molar refractivity (Wildman–Crippen MR) is 99.4 cm³/mol. The maximum absolute atomic E-state index is 13.6. The van der Waals surface area contributed by atoms with Crippen LogP contribution in [0, 0.1) is 11.6 Å². The summed E-state index contributed by atoms with van der Waals surface area (Å²) in [6.45, 7) is 3.44. The number of aromatic nitrogens is 3. The Balaban J connectivity index is 0.00000225. The van der Waals surface area contributed by atoms with E-state index in [9.17, 15) is 13.6 Å². The molecular weight excluding hydrogens is 392 g/mol. The molecule has 1 aromatic heterocycles. The van der Waals surface area contributed by atoms with Crippen molar-refractivity contribution in [3.8, 4) is 5.75 Å². The number of piperidine rings is 1. The van der Waals surface area contributed by atoms with Gasteiger partial charge >= 0.3 is 0 Å². The van der Waals surface area contributed by atoms with Gasteiger partial charge in [-0.15, -0.1) is 22.6 Å². The van der Waals surface area contributed by atoms with Crippen LogP contribution < -0.4 is 10.1 Å². The van der Waals surface area contributed by atoms with E-state index in [0.29, 0.717) is 13.1 Å². The minimum atomic E-state index is -0.812. The standard InChI is InChI=1S/C18H21F2N5O2.ClH/c19-13-1-2-15(14(20)9-13)27-11-17(26)24-6-3-12(4-7-24)18-23-22-16-10-21-5-8-25(16)18;/h1-2,9,12,21H,3-8,10-11H2;1H. The van der Waals surface area contributed by atoms with Gasteiger partial charge in [-0.2, -0.15) is 0 Å². The molecular formula is C18H22ClF2N5O2. The van der Waals surface area contributed by atoms with E-state index in [4.69, 9.17) is 4.74 Å². The zero-order valence-corrected chi connectivity index (χ0v) is 16.1. The number of nitrogens with zero attached hydrogens (tertiary/aromatic N) is 4. The zero-order chi connectivity index (χ0) is 18.8. The Morgan fingerprint density at radius 2 is 2.00 bits per heavy atom. The Morgan fingerprint density at radius 3 is 2.75 bits per heavy atom. The molecule has 7 nitrogen and oxygen atoms in total. The third-order valence-corrected chi connectivity index (χ3v) is 5.11. The average molecular weight is 414 g/mol. The molecule has 0 saturated carbocycles. The number of benzene rings is 1. The lowest BCUT2D eigenvalue weighted by molar-refractivity contribution is -0.134. The number of carbonyl (C=O) groups is 1. The molecule has 0 radical (unpaired) electrons. The SMILES string of the molecule is Cl.O=C(COc1ccc(F)cc1F)N1CCC(c2nnc3n2CCNC3)CC1. The van der Waals surface area contributed by atoms with Gasteiger partial charge in [0, 0.05) is 38.2 Å². The second kappa shape index (κ2) is 8.83. The van der Waals surface area contributed by atoms with Crippen LogP contribution >= 0.6 is 12.4 Å². The maximum Gasteiger partial charge on any atom is 0.260 e. The lowest BCUT2D eigenvalue weighted by Gasteiger charge is -2.32. The number of nitrogens with one attached hydrogen (secondary N) is 1. The van der Waals surface area contributed by atoms with Gasteiger partial charge in [-0.05, 0) is 25.0 Å². The molecule has 1 N–H and O–H groups in total. The molecule has 0 spiro atoms. The van der Waals surface area contributed by atoms with E-state index in [1.165, 1.54) is 6.07 Å². The lowest BCUT2D eigenvalue weighted by atomic mass is 9.95. The van der Waals surface area contributed by atoms with Crippen LogP contribution in [0.5, 0.6) is 5.75 Å². The third kappa shape index (κ3) is 4.25. The first kappa shape index (κ1) is 20.5. The van der Waals surface area contributed by atoms with Gasteiger partial charge in [0.25, 0.3) is 5.91 Å². The maximum atomic E-state index is 13.6. The van der Waals surface area contributed by atoms with Crippen LogP contribution in [0.3, 0.4) is 0 Å². The summed E-state index contributed by atoms with van der Waals surface area (Å²) in [4.78, 5) is 14.1. The van der Waals surface area contributed by atoms with Gasteiger partial charge in [0.05, 0.1) is 6.54 Å². The van der Waals surface area contributed by atoms with Crippen LogP contribution in [-0.4, -0.2) is 51.8 Å². The molecule has 28 heavy (non-hydrogen) atoms.